The number of halogens is 6. The van der Waals surface area contributed by atoms with Crippen LogP contribution >= 0.6 is 0 Å². The van der Waals surface area contributed by atoms with E-state index < -0.39 is 35.3 Å². The highest BCUT2D eigenvalue weighted by molar-refractivity contribution is 5.84. The van der Waals surface area contributed by atoms with Gasteiger partial charge < -0.3 is 5.32 Å². The highest BCUT2D eigenvalue weighted by Crippen LogP contribution is 2.39. The molecule has 1 atom stereocenters. The van der Waals surface area contributed by atoms with Gasteiger partial charge in [-0.3, -0.25) is 4.79 Å². The summed E-state index contributed by atoms with van der Waals surface area (Å²) in [7, 11) is 0. The zero-order chi connectivity index (χ0) is 23.4. The first-order valence-electron chi connectivity index (χ1n) is 9.37. The minimum absolute atomic E-state index is 0.0737. The van der Waals surface area contributed by atoms with Crippen LogP contribution in [-0.4, -0.2) is 12.5 Å². The molecule has 2 aromatic rings. The van der Waals surface area contributed by atoms with E-state index in [1.54, 1.807) is 12.1 Å². The number of hydrogen-bond acceptors (Lipinski definition) is 2. The highest BCUT2D eigenvalue weighted by atomic mass is 19.4. The molecular weight excluding hydrogens is 422 g/mol. The van der Waals surface area contributed by atoms with Gasteiger partial charge in [0, 0.05) is 0 Å². The Morgan fingerprint density at radius 2 is 1.55 bits per heavy atom. The number of nitrogens with one attached hydrogen (secondary N) is 1. The molecular formula is C22H20F6N2O. The number of benzene rings is 2. The van der Waals surface area contributed by atoms with Crippen LogP contribution in [0.2, 0.25) is 0 Å². The number of carbonyl (C=O) groups excluding carboxylic acids is 1. The molecule has 1 unspecified atom stereocenters. The Bertz CT molecular complexity index is 941. The van der Waals surface area contributed by atoms with Gasteiger partial charge in [0.25, 0.3) is 0 Å². The average molecular weight is 442 g/mol. The van der Waals surface area contributed by atoms with E-state index in [1.165, 1.54) is 18.2 Å². The first-order valence-corrected chi connectivity index (χ1v) is 9.37. The van der Waals surface area contributed by atoms with Gasteiger partial charge in [0.15, 0.2) is 0 Å². The first kappa shape index (κ1) is 24.3. The highest BCUT2D eigenvalue weighted by Gasteiger charge is 2.37. The number of alkyl halides is 6. The zero-order valence-corrected chi connectivity index (χ0v) is 16.7. The molecule has 0 fully saturated rings. The molecule has 0 spiro atoms. The number of hydrogen-bond donors (Lipinski definition) is 1. The Morgan fingerprint density at radius 3 is 2.03 bits per heavy atom. The van der Waals surface area contributed by atoms with Gasteiger partial charge in [0.2, 0.25) is 5.91 Å². The molecule has 0 saturated heterocycles. The van der Waals surface area contributed by atoms with Gasteiger partial charge in [-0.25, -0.2) is 0 Å². The van der Waals surface area contributed by atoms with E-state index in [1.807, 2.05) is 13.8 Å². The number of nitriles is 1. The third-order valence-electron chi connectivity index (χ3n) is 4.58. The van der Waals surface area contributed by atoms with E-state index >= 15 is 0 Å². The standard InChI is InChI=1S/C22H20F6N2O/c1-13(2)8-19(20(31)30-7-6-29)15-5-3-4-14(9-15)16-10-17(21(23,24)25)12-18(11-16)22(26,27)28/h3-5,9-13,19H,7-8H2,1-2H3,(H,30,31). The lowest BCUT2D eigenvalue weighted by atomic mass is 9.87. The number of rotatable bonds is 6. The lowest BCUT2D eigenvalue weighted by molar-refractivity contribution is -0.143. The minimum Gasteiger partial charge on any atom is -0.342 e. The summed E-state index contributed by atoms with van der Waals surface area (Å²) in [6, 6.07) is 9.03. The maximum Gasteiger partial charge on any atom is 0.416 e. The molecule has 3 nitrogen and oxygen atoms in total. The van der Waals surface area contributed by atoms with Crippen molar-refractivity contribution in [3.8, 4) is 17.2 Å². The smallest absolute Gasteiger partial charge is 0.342 e. The summed E-state index contributed by atoms with van der Waals surface area (Å²) in [4.78, 5) is 12.5. The molecule has 0 aromatic heterocycles. The van der Waals surface area contributed by atoms with Crippen molar-refractivity contribution in [3.63, 3.8) is 0 Å². The summed E-state index contributed by atoms with van der Waals surface area (Å²) in [6.45, 7) is 3.53. The van der Waals surface area contributed by atoms with E-state index in [4.69, 9.17) is 5.26 Å². The van der Waals surface area contributed by atoms with Crippen LogP contribution < -0.4 is 5.32 Å². The SMILES string of the molecule is CC(C)CC(C(=O)NCC#N)c1cccc(-c2cc(C(F)(F)F)cc(C(F)(F)F)c2)c1. The summed E-state index contributed by atoms with van der Waals surface area (Å²) >= 11 is 0. The summed E-state index contributed by atoms with van der Waals surface area (Å²) in [5.74, 6) is -1.07. The Hall–Kier alpha value is -3.02. The van der Waals surface area contributed by atoms with Crippen LogP contribution in [-0.2, 0) is 17.1 Å². The number of amides is 1. The fraction of sp³-hybridized carbons (Fsp3) is 0.364. The van der Waals surface area contributed by atoms with Crippen molar-refractivity contribution >= 4 is 5.91 Å². The van der Waals surface area contributed by atoms with E-state index in [9.17, 15) is 31.1 Å². The molecule has 0 aliphatic rings. The molecule has 0 heterocycles. The maximum absolute atomic E-state index is 13.2. The third-order valence-corrected chi connectivity index (χ3v) is 4.58. The topological polar surface area (TPSA) is 52.9 Å². The molecule has 9 heteroatoms. The average Bonchev–Trinajstić information content (AvgIpc) is 2.68. The van der Waals surface area contributed by atoms with Crippen LogP contribution in [0.5, 0.6) is 0 Å². The lowest BCUT2D eigenvalue weighted by Crippen LogP contribution is -2.30. The molecule has 166 valence electrons. The van der Waals surface area contributed by atoms with Crippen LogP contribution in [0.15, 0.2) is 42.5 Å². The monoisotopic (exact) mass is 442 g/mol. The lowest BCUT2D eigenvalue weighted by Gasteiger charge is -2.20. The predicted octanol–water partition coefficient (Wildman–Crippen LogP) is 6.16. The van der Waals surface area contributed by atoms with Crippen molar-refractivity contribution in [1.29, 1.82) is 5.26 Å². The molecule has 0 bridgehead atoms. The van der Waals surface area contributed by atoms with Gasteiger partial charge >= 0.3 is 12.4 Å². The molecule has 0 radical (unpaired) electrons. The minimum atomic E-state index is -4.95. The fourth-order valence-electron chi connectivity index (χ4n) is 3.17. The van der Waals surface area contributed by atoms with Crippen LogP contribution in [0.1, 0.15) is 42.9 Å². The Labute approximate surface area is 175 Å². The predicted molar refractivity (Wildman–Crippen MR) is 103 cm³/mol. The Morgan fingerprint density at radius 1 is 0.968 bits per heavy atom. The van der Waals surface area contributed by atoms with Gasteiger partial charge in [-0.1, -0.05) is 38.1 Å². The molecule has 31 heavy (non-hydrogen) atoms. The zero-order valence-electron chi connectivity index (χ0n) is 16.7. The van der Waals surface area contributed by atoms with Crippen LogP contribution in [0.4, 0.5) is 26.3 Å². The summed E-state index contributed by atoms with van der Waals surface area (Å²) in [6.07, 6.45) is -9.52. The second-order valence-electron chi connectivity index (χ2n) is 7.48. The van der Waals surface area contributed by atoms with Crippen molar-refractivity contribution in [2.45, 2.75) is 38.5 Å². The van der Waals surface area contributed by atoms with Gasteiger partial charge in [0.05, 0.1) is 23.1 Å². The Kier molecular flexibility index (Phi) is 7.37. The molecule has 2 aromatic carbocycles. The summed E-state index contributed by atoms with van der Waals surface area (Å²) in [5.41, 5.74) is -2.52. The maximum atomic E-state index is 13.2. The van der Waals surface area contributed by atoms with Crippen molar-refractivity contribution in [2.24, 2.45) is 5.92 Å². The normalized spacial score (nSPS) is 13.0. The van der Waals surface area contributed by atoms with Crippen LogP contribution in [0, 0.1) is 17.2 Å². The molecule has 1 N–H and O–H groups in total. The van der Waals surface area contributed by atoms with E-state index in [0.29, 0.717) is 24.1 Å². The van der Waals surface area contributed by atoms with Crippen molar-refractivity contribution in [1.82, 2.24) is 5.32 Å². The van der Waals surface area contributed by atoms with Gasteiger partial charge in [-0.15, -0.1) is 0 Å². The van der Waals surface area contributed by atoms with Crippen molar-refractivity contribution in [3.05, 3.63) is 59.2 Å². The third kappa shape index (κ3) is 6.48. The van der Waals surface area contributed by atoms with Gasteiger partial charge in [-0.05, 0) is 47.2 Å². The van der Waals surface area contributed by atoms with E-state index in [-0.39, 0.29) is 29.7 Å². The largest absolute Gasteiger partial charge is 0.416 e. The second kappa shape index (κ2) is 9.41. The molecule has 0 saturated carbocycles. The van der Waals surface area contributed by atoms with Crippen LogP contribution in [0.3, 0.4) is 0 Å². The second-order valence-corrected chi connectivity index (χ2v) is 7.48. The quantitative estimate of drug-likeness (QED) is 0.430. The number of nitrogens with zero attached hydrogens (tertiary/aromatic N) is 1. The Balaban J connectivity index is 2.57. The van der Waals surface area contributed by atoms with Crippen molar-refractivity contribution in [2.75, 3.05) is 6.54 Å². The van der Waals surface area contributed by atoms with Crippen LogP contribution in [0.25, 0.3) is 11.1 Å². The first-order chi connectivity index (χ1) is 14.3. The molecule has 2 rings (SSSR count). The van der Waals surface area contributed by atoms with E-state index in [0.717, 1.165) is 0 Å². The van der Waals surface area contributed by atoms with Crippen molar-refractivity contribution < 1.29 is 31.1 Å². The molecule has 1 amide bonds. The summed E-state index contributed by atoms with van der Waals surface area (Å²) in [5, 5.41) is 11.1. The van der Waals surface area contributed by atoms with E-state index in [2.05, 4.69) is 5.32 Å². The van der Waals surface area contributed by atoms with Gasteiger partial charge in [-0.2, -0.15) is 31.6 Å². The fourth-order valence-corrected chi connectivity index (χ4v) is 3.17. The summed E-state index contributed by atoms with van der Waals surface area (Å²) < 4.78 is 79.1. The number of carbonyl (C=O) groups is 1. The molecule has 0 aliphatic heterocycles. The van der Waals surface area contributed by atoms with Gasteiger partial charge in [0.1, 0.15) is 6.54 Å². The molecule has 0 aliphatic carbocycles.